The lowest BCUT2D eigenvalue weighted by Crippen LogP contribution is -2.28. The number of para-hydroxylation sites is 1. The molecule has 7 heteroatoms. The largest absolute Gasteiger partial charge is 0.493 e. The molecule has 0 aliphatic carbocycles. The highest BCUT2D eigenvalue weighted by atomic mass is 127. The minimum atomic E-state index is -0.118. The molecule has 1 fully saturated rings. The maximum Gasteiger partial charge on any atom is 0.270 e. The lowest BCUT2D eigenvalue weighted by Gasteiger charge is -2.16. The van der Waals surface area contributed by atoms with Gasteiger partial charge in [0, 0.05) is 0 Å². The van der Waals surface area contributed by atoms with Crippen molar-refractivity contribution in [2.24, 2.45) is 0 Å². The first-order valence-corrected chi connectivity index (χ1v) is 12.6. The van der Waals surface area contributed by atoms with E-state index in [9.17, 15) is 4.79 Å². The Bertz CT molecular complexity index is 1250. The van der Waals surface area contributed by atoms with Crippen LogP contribution in [-0.2, 0) is 11.4 Å². The van der Waals surface area contributed by atoms with Gasteiger partial charge in [0.15, 0.2) is 15.8 Å². The van der Waals surface area contributed by atoms with Crippen LogP contribution in [0, 0.1) is 17.4 Å². The van der Waals surface area contributed by atoms with Crippen molar-refractivity contribution < 1.29 is 14.3 Å². The first kappa shape index (κ1) is 23.8. The van der Waals surface area contributed by atoms with Crippen LogP contribution in [0.25, 0.3) is 6.08 Å². The molecule has 0 unspecified atom stereocenters. The van der Waals surface area contributed by atoms with Gasteiger partial charge in [-0.05, 0) is 77.4 Å². The Morgan fingerprint density at radius 2 is 1.82 bits per heavy atom. The summed E-state index contributed by atoms with van der Waals surface area (Å²) in [4.78, 5) is 15.3. The van der Waals surface area contributed by atoms with E-state index >= 15 is 0 Å². The Balaban J connectivity index is 1.59. The van der Waals surface area contributed by atoms with E-state index in [1.54, 1.807) is 12.0 Å². The van der Waals surface area contributed by atoms with Crippen LogP contribution in [-0.4, -0.2) is 17.3 Å². The molecule has 0 atom stereocenters. The highest BCUT2D eigenvalue weighted by molar-refractivity contribution is 14.1. The Hall–Kier alpha value is -2.36. The zero-order valence-corrected chi connectivity index (χ0v) is 22.2. The number of anilines is 1. The topological polar surface area (TPSA) is 38.8 Å². The predicted molar refractivity (Wildman–Crippen MR) is 148 cm³/mol. The van der Waals surface area contributed by atoms with Crippen LogP contribution in [0.15, 0.2) is 65.6 Å². The quantitative estimate of drug-likeness (QED) is 0.178. The average Bonchev–Trinajstić information content (AvgIpc) is 3.07. The molecule has 33 heavy (non-hydrogen) atoms. The maximum absolute atomic E-state index is 13.2. The van der Waals surface area contributed by atoms with Crippen LogP contribution in [0.3, 0.4) is 0 Å². The number of benzene rings is 3. The van der Waals surface area contributed by atoms with Crippen molar-refractivity contribution in [1.82, 2.24) is 0 Å². The number of halogens is 1. The molecule has 0 saturated carbocycles. The molecule has 1 amide bonds. The van der Waals surface area contributed by atoms with Crippen molar-refractivity contribution in [2.45, 2.75) is 20.5 Å². The molecule has 0 spiro atoms. The first-order valence-electron chi connectivity index (χ1n) is 10.3. The molecule has 1 saturated heterocycles. The first-order chi connectivity index (χ1) is 15.9. The number of hydrogen-bond donors (Lipinski definition) is 0. The van der Waals surface area contributed by atoms with Gasteiger partial charge in [-0.15, -0.1) is 0 Å². The molecule has 4 nitrogen and oxygen atoms in total. The summed E-state index contributed by atoms with van der Waals surface area (Å²) in [7, 11) is 1.62. The van der Waals surface area contributed by atoms with Gasteiger partial charge >= 0.3 is 0 Å². The summed E-state index contributed by atoms with van der Waals surface area (Å²) < 4.78 is 13.1. The minimum Gasteiger partial charge on any atom is -0.493 e. The van der Waals surface area contributed by atoms with Gasteiger partial charge in [-0.25, -0.2) is 0 Å². The molecular weight excluding hydrogens is 565 g/mol. The number of thiocarbonyl (C=S) groups is 1. The molecule has 0 aromatic heterocycles. The van der Waals surface area contributed by atoms with Crippen LogP contribution < -0.4 is 14.4 Å². The van der Waals surface area contributed by atoms with Crippen molar-refractivity contribution in [3.05, 3.63) is 91.4 Å². The van der Waals surface area contributed by atoms with Gasteiger partial charge in [0.25, 0.3) is 5.91 Å². The average molecular weight is 588 g/mol. The lowest BCUT2D eigenvalue weighted by atomic mass is 10.1. The smallest absolute Gasteiger partial charge is 0.270 e. The molecule has 1 aliphatic heterocycles. The van der Waals surface area contributed by atoms with Gasteiger partial charge in [-0.2, -0.15) is 0 Å². The van der Waals surface area contributed by atoms with E-state index in [2.05, 4.69) is 53.8 Å². The zero-order valence-electron chi connectivity index (χ0n) is 18.4. The number of hydrogen-bond acceptors (Lipinski definition) is 5. The van der Waals surface area contributed by atoms with Crippen LogP contribution in [0.5, 0.6) is 11.5 Å². The predicted octanol–water partition coefficient (Wildman–Crippen LogP) is 6.90. The molecule has 1 aliphatic rings. The third-order valence-electron chi connectivity index (χ3n) is 5.20. The summed E-state index contributed by atoms with van der Waals surface area (Å²) in [5.41, 5.74) is 4.96. The number of aryl methyl sites for hydroxylation is 2. The summed E-state index contributed by atoms with van der Waals surface area (Å²) in [5, 5.41) is 0. The Kier molecular flexibility index (Phi) is 7.41. The highest BCUT2D eigenvalue weighted by Gasteiger charge is 2.34. The minimum absolute atomic E-state index is 0.118. The fraction of sp³-hybridized carbons (Fsp3) is 0.154. The van der Waals surface area contributed by atoms with Crippen molar-refractivity contribution in [3.8, 4) is 11.5 Å². The van der Waals surface area contributed by atoms with E-state index in [-0.39, 0.29) is 5.91 Å². The summed E-state index contributed by atoms with van der Waals surface area (Å²) in [6.45, 7) is 4.48. The second kappa shape index (κ2) is 10.3. The number of carbonyl (C=O) groups is 1. The molecule has 4 rings (SSSR count). The number of methoxy groups -OCH3 is 1. The molecule has 0 radical (unpaired) electrons. The van der Waals surface area contributed by atoms with Crippen LogP contribution in [0.4, 0.5) is 5.69 Å². The van der Waals surface area contributed by atoms with E-state index in [0.29, 0.717) is 27.3 Å². The van der Waals surface area contributed by atoms with E-state index in [0.717, 1.165) is 25.9 Å². The van der Waals surface area contributed by atoms with Gasteiger partial charge in [0.05, 0.1) is 21.3 Å². The summed E-state index contributed by atoms with van der Waals surface area (Å²) in [6, 6.07) is 19.8. The summed E-state index contributed by atoms with van der Waals surface area (Å²) >= 11 is 9.06. The fourth-order valence-electron chi connectivity index (χ4n) is 3.44. The second-order valence-corrected chi connectivity index (χ2v) is 10.4. The Labute approximate surface area is 217 Å². The number of rotatable bonds is 6. The third kappa shape index (κ3) is 5.26. The van der Waals surface area contributed by atoms with E-state index in [1.165, 1.54) is 17.3 Å². The molecule has 0 bridgehead atoms. The second-order valence-electron chi connectivity index (χ2n) is 7.61. The molecular formula is C26H22INO3S2. The van der Waals surface area contributed by atoms with Crippen molar-refractivity contribution in [2.75, 3.05) is 12.0 Å². The van der Waals surface area contributed by atoms with Gasteiger partial charge in [0.2, 0.25) is 0 Å². The Morgan fingerprint density at radius 3 is 2.52 bits per heavy atom. The molecule has 1 heterocycles. The van der Waals surface area contributed by atoms with Crippen molar-refractivity contribution in [3.63, 3.8) is 0 Å². The monoisotopic (exact) mass is 587 g/mol. The number of ether oxygens (including phenoxy) is 2. The number of carbonyl (C=O) groups excluding carboxylic acids is 1. The number of amides is 1. The molecule has 3 aromatic rings. The Morgan fingerprint density at radius 1 is 1.09 bits per heavy atom. The SMILES string of the molecule is COc1cc(/C=C2\SC(=S)N(c3ccccc3C)C2=O)cc(I)c1OCc1ccc(C)cc1. The summed E-state index contributed by atoms with van der Waals surface area (Å²) in [5.74, 6) is 1.19. The van der Waals surface area contributed by atoms with Crippen LogP contribution in [0.1, 0.15) is 22.3 Å². The van der Waals surface area contributed by atoms with Crippen molar-refractivity contribution >= 4 is 68.6 Å². The maximum atomic E-state index is 13.2. The zero-order chi connectivity index (χ0) is 23.5. The summed E-state index contributed by atoms with van der Waals surface area (Å²) in [6.07, 6.45) is 1.85. The number of nitrogens with zero attached hydrogens (tertiary/aromatic N) is 1. The lowest BCUT2D eigenvalue weighted by molar-refractivity contribution is -0.113. The highest BCUT2D eigenvalue weighted by Crippen LogP contribution is 2.39. The molecule has 0 N–H and O–H groups in total. The van der Waals surface area contributed by atoms with E-state index in [4.69, 9.17) is 21.7 Å². The van der Waals surface area contributed by atoms with Gasteiger partial charge < -0.3 is 9.47 Å². The fourth-order valence-corrected chi connectivity index (χ4v) is 5.51. The molecule has 3 aromatic carbocycles. The van der Waals surface area contributed by atoms with Gasteiger partial charge in [-0.1, -0.05) is 72.0 Å². The van der Waals surface area contributed by atoms with Gasteiger partial charge in [-0.3, -0.25) is 9.69 Å². The number of thioether (sulfide) groups is 1. The van der Waals surface area contributed by atoms with Crippen molar-refractivity contribution in [1.29, 1.82) is 0 Å². The standard InChI is InChI=1S/C26H22INO3S2/c1-16-8-10-18(11-9-16)15-31-24-20(27)12-19(13-22(24)30-3)14-23-25(29)28(26(32)33-23)21-7-5-4-6-17(21)2/h4-14H,15H2,1-3H3/b23-14-. The molecule has 168 valence electrons. The van der Waals surface area contributed by atoms with Gasteiger partial charge in [0.1, 0.15) is 6.61 Å². The van der Waals surface area contributed by atoms with E-state index < -0.39 is 0 Å². The van der Waals surface area contributed by atoms with Crippen LogP contribution in [0.2, 0.25) is 0 Å². The normalized spacial score (nSPS) is 14.8. The van der Waals surface area contributed by atoms with E-state index in [1.807, 2.05) is 49.4 Å². The third-order valence-corrected chi connectivity index (χ3v) is 7.31. The van der Waals surface area contributed by atoms with Crippen LogP contribution >= 0.6 is 46.6 Å².